The number of carbonyl (C=O) groups is 1. The highest BCUT2D eigenvalue weighted by atomic mass is 19.4. The van der Waals surface area contributed by atoms with Gasteiger partial charge in [-0.15, -0.1) is 0 Å². The van der Waals surface area contributed by atoms with Gasteiger partial charge in [0, 0.05) is 11.0 Å². The third kappa shape index (κ3) is 6.42. The van der Waals surface area contributed by atoms with Crippen LogP contribution in [-0.4, -0.2) is 48.1 Å². The average molecular weight is 551 g/mol. The van der Waals surface area contributed by atoms with Crippen LogP contribution in [0.25, 0.3) is 0 Å². The first-order valence-corrected chi connectivity index (χ1v) is 13.5. The van der Waals surface area contributed by atoms with Gasteiger partial charge in [-0.2, -0.15) is 13.2 Å². The van der Waals surface area contributed by atoms with E-state index in [1.165, 1.54) is 24.3 Å². The number of likely N-dealkylation sites (tertiary alicyclic amines) is 1. The number of benzene rings is 2. The Balaban J connectivity index is 1.59. The van der Waals surface area contributed by atoms with Crippen LogP contribution >= 0.6 is 0 Å². The van der Waals surface area contributed by atoms with E-state index in [2.05, 4.69) is 4.90 Å². The lowest BCUT2D eigenvalue weighted by Crippen LogP contribution is -2.53. The normalized spacial score (nSPS) is 22.7. The Kier molecular flexibility index (Phi) is 8.93. The molecule has 6 nitrogen and oxygen atoms in total. The van der Waals surface area contributed by atoms with Gasteiger partial charge >= 0.3 is 12.1 Å². The van der Waals surface area contributed by atoms with Crippen molar-refractivity contribution in [1.29, 1.82) is 0 Å². The molecule has 0 radical (unpaired) electrons. The molecule has 1 aliphatic carbocycles. The maximum atomic E-state index is 13.7. The number of ether oxygens (including phenoxy) is 1. The summed E-state index contributed by atoms with van der Waals surface area (Å²) in [5.74, 6) is -1.68. The summed E-state index contributed by atoms with van der Waals surface area (Å²) in [4.78, 5) is 27.0. The molecule has 0 N–H and O–H groups in total. The number of esters is 1. The molecule has 2 aromatic rings. The molecule has 4 rings (SSSR count). The Bertz CT molecular complexity index is 1130. The standard InChI is InChI=1S/C29H34F4N2O4/c1-2-39-27(36)28(25(19-35(37)38)21-9-13-23(30)14-10-21)15-17-34(18-16-28)26-6-4-3-5-24(26)20-7-11-22(12-8-20)29(31,32)33/h7-14,24-26H,2-6,15-19H2,1H3/t24-,25?,26-/m1/s1. The molecule has 2 fully saturated rings. The third-order valence-corrected chi connectivity index (χ3v) is 8.51. The van der Waals surface area contributed by atoms with Crippen molar-refractivity contribution >= 4 is 5.97 Å². The van der Waals surface area contributed by atoms with Crippen molar-refractivity contribution in [2.75, 3.05) is 26.2 Å². The Morgan fingerprint density at radius 3 is 2.26 bits per heavy atom. The number of hydrogen-bond donors (Lipinski definition) is 0. The highest BCUT2D eigenvalue weighted by molar-refractivity contribution is 5.78. The lowest BCUT2D eigenvalue weighted by Gasteiger charge is -2.48. The molecule has 1 heterocycles. The van der Waals surface area contributed by atoms with Gasteiger partial charge in [-0.3, -0.25) is 19.8 Å². The molecule has 1 saturated heterocycles. The van der Waals surface area contributed by atoms with E-state index in [1.54, 1.807) is 19.1 Å². The summed E-state index contributed by atoms with van der Waals surface area (Å²) in [5, 5.41) is 11.7. The van der Waals surface area contributed by atoms with Gasteiger partial charge in [0.05, 0.1) is 23.5 Å². The largest absolute Gasteiger partial charge is 0.466 e. The van der Waals surface area contributed by atoms with Gasteiger partial charge in [0.1, 0.15) is 5.82 Å². The van der Waals surface area contributed by atoms with Crippen LogP contribution in [0.2, 0.25) is 0 Å². The second-order valence-electron chi connectivity index (χ2n) is 10.6. The summed E-state index contributed by atoms with van der Waals surface area (Å²) in [5.41, 5.74) is -0.425. The SMILES string of the molecule is CCOC(=O)C1(C(C[N+](=O)[O-])c2ccc(F)cc2)CCN([C@@H]2CCCC[C@@H]2c2ccc(C(F)(F)F)cc2)CC1. The van der Waals surface area contributed by atoms with Crippen molar-refractivity contribution in [2.45, 2.75) is 69.5 Å². The van der Waals surface area contributed by atoms with Crippen LogP contribution in [0.5, 0.6) is 0 Å². The Morgan fingerprint density at radius 2 is 1.69 bits per heavy atom. The van der Waals surface area contributed by atoms with Gasteiger partial charge in [0.15, 0.2) is 0 Å². The molecule has 2 aliphatic rings. The Morgan fingerprint density at radius 1 is 1.08 bits per heavy atom. The van der Waals surface area contributed by atoms with E-state index < -0.39 is 46.3 Å². The topological polar surface area (TPSA) is 72.7 Å². The van der Waals surface area contributed by atoms with Crippen LogP contribution in [0.1, 0.15) is 74.0 Å². The number of piperidine rings is 1. The number of hydrogen-bond acceptors (Lipinski definition) is 5. The lowest BCUT2D eigenvalue weighted by atomic mass is 9.65. The van der Waals surface area contributed by atoms with Crippen molar-refractivity contribution in [1.82, 2.24) is 4.90 Å². The zero-order valence-electron chi connectivity index (χ0n) is 22.0. The van der Waals surface area contributed by atoms with Crippen molar-refractivity contribution in [3.8, 4) is 0 Å². The van der Waals surface area contributed by atoms with Crippen molar-refractivity contribution in [3.05, 3.63) is 81.2 Å². The van der Waals surface area contributed by atoms with E-state index in [9.17, 15) is 32.5 Å². The maximum absolute atomic E-state index is 13.7. The van der Waals surface area contributed by atoms with Crippen molar-refractivity contribution in [3.63, 3.8) is 0 Å². The molecule has 0 amide bonds. The highest BCUT2D eigenvalue weighted by Crippen LogP contribution is 2.48. The molecular weight excluding hydrogens is 516 g/mol. The summed E-state index contributed by atoms with van der Waals surface area (Å²) in [6, 6.07) is 11.0. The fourth-order valence-corrected chi connectivity index (χ4v) is 6.52. The first kappa shape index (κ1) is 29.0. The van der Waals surface area contributed by atoms with Gasteiger partial charge in [-0.05, 0) is 87.0 Å². The molecule has 212 valence electrons. The average Bonchev–Trinajstić information content (AvgIpc) is 2.92. The molecular formula is C29H34F4N2O4. The summed E-state index contributed by atoms with van der Waals surface area (Å²) in [6.07, 6.45) is -0.00289. The van der Waals surface area contributed by atoms with Crippen LogP contribution in [-0.2, 0) is 15.7 Å². The Hall–Kier alpha value is -3.01. The second-order valence-corrected chi connectivity index (χ2v) is 10.6. The Labute approximate surface area is 225 Å². The lowest BCUT2D eigenvalue weighted by molar-refractivity contribution is -0.486. The number of rotatable bonds is 8. The van der Waals surface area contributed by atoms with Gasteiger partial charge in [-0.1, -0.05) is 37.1 Å². The van der Waals surface area contributed by atoms with Gasteiger partial charge in [0.2, 0.25) is 6.54 Å². The predicted octanol–water partition coefficient (Wildman–Crippen LogP) is 6.58. The van der Waals surface area contributed by atoms with Crippen LogP contribution in [0.15, 0.2) is 48.5 Å². The first-order chi connectivity index (χ1) is 18.5. The molecule has 3 atom stereocenters. The molecule has 0 aromatic heterocycles. The van der Waals surface area contributed by atoms with E-state index in [1.807, 2.05) is 0 Å². The van der Waals surface area contributed by atoms with Gasteiger partial charge in [-0.25, -0.2) is 4.39 Å². The number of halogens is 4. The summed E-state index contributed by atoms with van der Waals surface area (Å²) in [7, 11) is 0. The third-order valence-electron chi connectivity index (χ3n) is 8.51. The van der Waals surface area contributed by atoms with Gasteiger partial charge in [0.25, 0.3) is 0 Å². The maximum Gasteiger partial charge on any atom is 0.416 e. The minimum absolute atomic E-state index is 0.0581. The predicted molar refractivity (Wildman–Crippen MR) is 137 cm³/mol. The summed E-state index contributed by atoms with van der Waals surface area (Å²) in [6.45, 7) is 2.34. The molecule has 10 heteroatoms. The number of alkyl halides is 3. The van der Waals surface area contributed by atoms with E-state index in [-0.39, 0.29) is 18.6 Å². The van der Waals surface area contributed by atoms with E-state index >= 15 is 0 Å². The fraction of sp³-hybridized carbons (Fsp3) is 0.552. The number of carbonyl (C=O) groups excluding carboxylic acids is 1. The highest BCUT2D eigenvalue weighted by Gasteiger charge is 2.52. The van der Waals surface area contributed by atoms with Crippen LogP contribution < -0.4 is 0 Å². The molecule has 39 heavy (non-hydrogen) atoms. The fourth-order valence-electron chi connectivity index (χ4n) is 6.52. The molecule has 1 saturated carbocycles. The smallest absolute Gasteiger partial charge is 0.416 e. The molecule has 2 aromatic carbocycles. The summed E-state index contributed by atoms with van der Waals surface area (Å²) < 4.78 is 58.4. The van der Waals surface area contributed by atoms with E-state index in [4.69, 9.17) is 4.74 Å². The van der Waals surface area contributed by atoms with Crippen LogP contribution in [0.4, 0.5) is 17.6 Å². The zero-order chi connectivity index (χ0) is 28.2. The molecule has 1 unspecified atom stereocenters. The van der Waals surface area contributed by atoms with E-state index in [0.29, 0.717) is 31.5 Å². The zero-order valence-corrected chi connectivity index (χ0v) is 22.0. The number of nitro groups is 1. The minimum atomic E-state index is -4.39. The molecule has 0 spiro atoms. The monoisotopic (exact) mass is 550 g/mol. The molecule has 0 bridgehead atoms. The molecule has 1 aliphatic heterocycles. The second kappa shape index (κ2) is 12.0. The van der Waals surface area contributed by atoms with E-state index in [0.717, 1.165) is 43.4 Å². The van der Waals surface area contributed by atoms with Gasteiger partial charge < -0.3 is 4.74 Å². The van der Waals surface area contributed by atoms with Crippen LogP contribution in [0, 0.1) is 21.3 Å². The van der Waals surface area contributed by atoms with Crippen LogP contribution in [0.3, 0.4) is 0 Å². The van der Waals surface area contributed by atoms with Crippen molar-refractivity contribution < 1.29 is 32.0 Å². The summed E-state index contributed by atoms with van der Waals surface area (Å²) >= 11 is 0. The first-order valence-electron chi connectivity index (χ1n) is 13.5. The van der Waals surface area contributed by atoms with Crippen molar-refractivity contribution in [2.24, 2.45) is 5.41 Å². The minimum Gasteiger partial charge on any atom is -0.466 e. The number of nitrogens with zero attached hydrogens (tertiary/aromatic N) is 2. The quantitative estimate of drug-likeness (QED) is 0.161.